The minimum atomic E-state index is -0.455. The van der Waals surface area contributed by atoms with Gasteiger partial charge in [0, 0.05) is 17.0 Å². The average Bonchev–Trinajstić information content (AvgIpc) is 2.88. The van der Waals surface area contributed by atoms with Gasteiger partial charge in [0.05, 0.1) is 21.6 Å². The maximum Gasteiger partial charge on any atom is 0.272 e. The second kappa shape index (κ2) is 5.43. The van der Waals surface area contributed by atoms with Crippen molar-refractivity contribution in [1.82, 2.24) is 9.97 Å². The third-order valence-electron chi connectivity index (χ3n) is 2.85. The van der Waals surface area contributed by atoms with E-state index in [-0.39, 0.29) is 5.69 Å². The van der Waals surface area contributed by atoms with E-state index >= 15 is 0 Å². The molecule has 0 aliphatic rings. The summed E-state index contributed by atoms with van der Waals surface area (Å²) in [5.41, 5.74) is 4.65. The number of aromatic amines is 1. The zero-order valence-electron chi connectivity index (χ0n) is 10.7. The topological polar surface area (TPSA) is 110 Å². The van der Waals surface area contributed by atoms with Gasteiger partial charge in [-0.2, -0.15) is 0 Å². The normalized spacial score (nSPS) is 10.7. The highest BCUT2D eigenvalue weighted by Crippen LogP contribution is 2.32. The van der Waals surface area contributed by atoms with Crippen molar-refractivity contribution in [2.75, 3.05) is 5.43 Å². The van der Waals surface area contributed by atoms with Gasteiger partial charge in [-0.15, -0.1) is 0 Å². The van der Waals surface area contributed by atoms with Crippen LogP contribution >= 0.6 is 11.8 Å². The molecule has 0 unspecified atom stereocenters. The van der Waals surface area contributed by atoms with E-state index in [1.807, 2.05) is 24.3 Å². The molecule has 0 atom stereocenters. The van der Waals surface area contributed by atoms with E-state index in [4.69, 9.17) is 5.84 Å². The summed E-state index contributed by atoms with van der Waals surface area (Å²) in [5, 5.41) is 11.6. The second-order valence-corrected chi connectivity index (χ2v) is 5.34. The summed E-state index contributed by atoms with van der Waals surface area (Å²) in [4.78, 5) is 18.7. The van der Waals surface area contributed by atoms with Crippen LogP contribution in [0.1, 0.15) is 0 Å². The zero-order valence-corrected chi connectivity index (χ0v) is 11.6. The minimum Gasteiger partial charge on any atom is -0.333 e. The van der Waals surface area contributed by atoms with Gasteiger partial charge >= 0.3 is 0 Å². The highest BCUT2D eigenvalue weighted by Gasteiger charge is 2.12. The Bertz CT molecular complexity index is 784. The Morgan fingerprint density at radius 2 is 2.10 bits per heavy atom. The predicted molar refractivity (Wildman–Crippen MR) is 81.1 cm³/mol. The molecule has 0 aliphatic carbocycles. The maximum absolute atomic E-state index is 10.9. The lowest BCUT2D eigenvalue weighted by molar-refractivity contribution is -0.385. The van der Waals surface area contributed by atoms with Gasteiger partial charge in [0.1, 0.15) is 0 Å². The average molecular weight is 301 g/mol. The molecule has 0 amide bonds. The molecule has 0 radical (unpaired) electrons. The number of benzene rings is 2. The summed E-state index contributed by atoms with van der Waals surface area (Å²) in [7, 11) is 0. The lowest BCUT2D eigenvalue weighted by Crippen LogP contribution is -2.07. The van der Waals surface area contributed by atoms with Gasteiger partial charge in [-0.05, 0) is 18.2 Å². The number of para-hydroxylation sites is 2. The van der Waals surface area contributed by atoms with Gasteiger partial charge in [0.15, 0.2) is 5.16 Å². The van der Waals surface area contributed by atoms with Crippen molar-refractivity contribution >= 4 is 34.2 Å². The number of nitrogens with zero attached hydrogens (tertiary/aromatic N) is 2. The number of nitro benzene ring substituents is 1. The first-order chi connectivity index (χ1) is 10.2. The van der Waals surface area contributed by atoms with Crippen LogP contribution in [0.2, 0.25) is 0 Å². The van der Waals surface area contributed by atoms with E-state index in [1.54, 1.807) is 6.07 Å². The molecule has 2 aromatic carbocycles. The number of fused-ring (bicyclic) bond motifs is 1. The lowest BCUT2D eigenvalue weighted by Gasteiger charge is -2.03. The molecule has 7 nitrogen and oxygen atoms in total. The number of nitrogens with two attached hydrogens (primary N) is 1. The van der Waals surface area contributed by atoms with Crippen molar-refractivity contribution in [1.29, 1.82) is 0 Å². The van der Waals surface area contributed by atoms with Crippen LogP contribution in [0.3, 0.4) is 0 Å². The Morgan fingerprint density at radius 3 is 2.81 bits per heavy atom. The van der Waals surface area contributed by atoms with Crippen LogP contribution in [0.25, 0.3) is 11.0 Å². The molecular weight excluding hydrogens is 290 g/mol. The highest BCUT2D eigenvalue weighted by molar-refractivity contribution is 7.99. The molecule has 21 heavy (non-hydrogen) atoms. The number of H-pyrrole nitrogens is 1. The number of rotatable bonds is 4. The maximum atomic E-state index is 10.9. The first kappa shape index (κ1) is 13.4. The van der Waals surface area contributed by atoms with Gasteiger partial charge in [0.25, 0.3) is 5.69 Å². The summed E-state index contributed by atoms with van der Waals surface area (Å²) in [5.74, 6) is 5.34. The quantitative estimate of drug-likeness (QED) is 0.388. The number of hydrogen-bond donors (Lipinski definition) is 3. The molecule has 0 aliphatic heterocycles. The molecule has 4 N–H and O–H groups in total. The lowest BCUT2D eigenvalue weighted by atomic mass is 10.3. The molecule has 8 heteroatoms. The van der Waals surface area contributed by atoms with Crippen molar-refractivity contribution in [2.45, 2.75) is 10.1 Å². The van der Waals surface area contributed by atoms with Crippen LogP contribution in [-0.2, 0) is 0 Å². The fourth-order valence-corrected chi connectivity index (χ4v) is 2.81. The minimum absolute atomic E-state index is 0.0240. The van der Waals surface area contributed by atoms with E-state index in [9.17, 15) is 10.1 Å². The molecule has 0 saturated carbocycles. The number of nitrogens with one attached hydrogen (secondary N) is 2. The van der Waals surface area contributed by atoms with Crippen LogP contribution < -0.4 is 11.3 Å². The monoisotopic (exact) mass is 301 g/mol. The molecule has 3 aromatic rings. The first-order valence-electron chi connectivity index (χ1n) is 6.04. The molecule has 106 valence electrons. The molecule has 0 spiro atoms. The number of hydrazine groups is 1. The zero-order chi connectivity index (χ0) is 14.8. The Morgan fingerprint density at radius 1 is 1.29 bits per heavy atom. The standard InChI is InChI=1S/C13H11N5O2S/c14-17-8-5-9(18(19)20)7-10(6-8)21-13-15-11-3-1-2-4-12(11)16-13/h1-7,17H,14H2,(H,15,16). The van der Waals surface area contributed by atoms with E-state index in [2.05, 4.69) is 15.4 Å². The number of nitro groups is 1. The Balaban J connectivity index is 1.96. The number of anilines is 1. The summed E-state index contributed by atoms with van der Waals surface area (Å²) >= 11 is 1.31. The largest absolute Gasteiger partial charge is 0.333 e. The van der Waals surface area contributed by atoms with Crippen molar-refractivity contribution < 1.29 is 4.92 Å². The molecule has 1 aromatic heterocycles. The van der Waals surface area contributed by atoms with Gasteiger partial charge in [-0.25, -0.2) is 4.98 Å². The van der Waals surface area contributed by atoms with Gasteiger partial charge < -0.3 is 10.4 Å². The van der Waals surface area contributed by atoms with Crippen LogP contribution in [-0.4, -0.2) is 14.9 Å². The molecule has 0 fully saturated rings. The van der Waals surface area contributed by atoms with Crippen molar-refractivity contribution in [3.8, 4) is 0 Å². The Hall–Kier alpha value is -2.58. The van der Waals surface area contributed by atoms with Crippen molar-refractivity contribution in [3.63, 3.8) is 0 Å². The summed E-state index contributed by atoms with van der Waals surface area (Å²) < 4.78 is 0. The highest BCUT2D eigenvalue weighted by atomic mass is 32.2. The van der Waals surface area contributed by atoms with Crippen LogP contribution in [0, 0.1) is 10.1 Å². The smallest absolute Gasteiger partial charge is 0.272 e. The fraction of sp³-hybridized carbons (Fsp3) is 0. The number of aromatic nitrogens is 2. The molecule has 1 heterocycles. The van der Waals surface area contributed by atoms with Gasteiger partial charge in [-0.1, -0.05) is 23.9 Å². The van der Waals surface area contributed by atoms with E-state index in [0.717, 1.165) is 11.0 Å². The van der Waals surface area contributed by atoms with Crippen molar-refractivity contribution in [2.24, 2.45) is 5.84 Å². The third-order valence-corrected chi connectivity index (χ3v) is 3.71. The van der Waals surface area contributed by atoms with E-state index < -0.39 is 4.92 Å². The summed E-state index contributed by atoms with van der Waals surface area (Å²) in [6, 6.07) is 12.2. The van der Waals surface area contributed by atoms with Crippen LogP contribution in [0.4, 0.5) is 11.4 Å². The molecule has 0 bridgehead atoms. The van der Waals surface area contributed by atoms with Gasteiger partial charge in [0.2, 0.25) is 0 Å². The summed E-state index contributed by atoms with van der Waals surface area (Å²) in [6.07, 6.45) is 0. The summed E-state index contributed by atoms with van der Waals surface area (Å²) in [6.45, 7) is 0. The molecule has 3 rings (SSSR count). The number of hydrogen-bond acceptors (Lipinski definition) is 6. The first-order valence-corrected chi connectivity index (χ1v) is 6.86. The second-order valence-electron chi connectivity index (χ2n) is 4.28. The third kappa shape index (κ3) is 2.81. The Kier molecular flexibility index (Phi) is 3.46. The predicted octanol–water partition coefficient (Wildman–Crippen LogP) is 2.91. The fourth-order valence-electron chi connectivity index (χ4n) is 1.92. The number of imidazole rings is 1. The molecular formula is C13H11N5O2S. The molecule has 0 saturated heterocycles. The van der Waals surface area contributed by atoms with Crippen LogP contribution in [0.5, 0.6) is 0 Å². The van der Waals surface area contributed by atoms with Crippen molar-refractivity contribution in [3.05, 3.63) is 52.6 Å². The Labute approximate surface area is 123 Å². The SMILES string of the molecule is NNc1cc(Sc2nc3ccccc3[nH]2)cc([N+](=O)[O-])c1. The number of nitrogen functional groups attached to an aromatic ring is 1. The van der Waals surface area contributed by atoms with E-state index in [1.165, 1.54) is 23.9 Å². The van der Waals surface area contributed by atoms with E-state index in [0.29, 0.717) is 15.7 Å². The van der Waals surface area contributed by atoms with Crippen LogP contribution in [0.15, 0.2) is 52.5 Å². The number of non-ortho nitro benzene ring substituents is 1. The van der Waals surface area contributed by atoms with Gasteiger partial charge in [-0.3, -0.25) is 16.0 Å².